The molecule has 0 spiro atoms. The predicted molar refractivity (Wildman–Crippen MR) is 74.9 cm³/mol. The number of carbonyl (C=O) groups is 1. The number of nitrogens with zero attached hydrogens (tertiary/aromatic N) is 3. The van der Waals surface area contributed by atoms with Gasteiger partial charge >= 0.3 is 0 Å². The van der Waals surface area contributed by atoms with Crippen LogP contribution < -0.4 is 5.32 Å². The molecule has 2 aromatic heterocycles. The summed E-state index contributed by atoms with van der Waals surface area (Å²) in [4.78, 5) is 24.4. The fourth-order valence-corrected chi connectivity index (χ4v) is 1.89. The van der Waals surface area contributed by atoms with Crippen molar-refractivity contribution in [1.29, 1.82) is 0 Å². The number of hydrogen-bond donors (Lipinski definition) is 1. The average Bonchev–Trinajstić information content (AvgIpc) is 2.53. The first-order valence-electron chi connectivity index (χ1n) is 6.21. The van der Waals surface area contributed by atoms with Crippen LogP contribution in [0, 0.1) is 0 Å². The Hall–Kier alpha value is -2.82. The van der Waals surface area contributed by atoms with Crippen LogP contribution in [0.25, 0.3) is 11.0 Å². The van der Waals surface area contributed by atoms with Gasteiger partial charge in [0.15, 0.2) is 0 Å². The first-order valence-corrected chi connectivity index (χ1v) is 6.21. The van der Waals surface area contributed by atoms with E-state index in [9.17, 15) is 4.79 Å². The highest BCUT2D eigenvalue weighted by Gasteiger charge is 2.06. The monoisotopic (exact) mass is 264 g/mol. The lowest BCUT2D eigenvalue weighted by Gasteiger charge is -2.05. The van der Waals surface area contributed by atoms with Gasteiger partial charge in [-0.25, -0.2) is 0 Å². The van der Waals surface area contributed by atoms with Gasteiger partial charge in [-0.3, -0.25) is 19.7 Å². The van der Waals surface area contributed by atoms with Crippen LogP contribution in [0.3, 0.4) is 0 Å². The maximum absolute atomic E-state index is 12.1. The van der Waals surface area contributed by atoms with Gasteiger partial charge in [-0.1, -0.05) is 0 Å². The Balaban J connectivity index is 1.75. The number of pyridine rings is 1. The summed E-state index contributed by atoms with van der Waals surface area (Å²) in [6.45, 7) is 0.472. The van der Waals surface area contributed by atoms with Crippen LogP contribution in [-0.4, -0.2) is 20.9 Å². The van der Waals surface area contributed by atoms with E-state index in [4.69, 9.17) is 0 Å². The van der Waals surface area contributed by atoms with E-state index in [1.165, 1.54) is 0 Å². The van der Waals surface area contributed by atoms with Gasteiger partial charge in [0.2, 0.25) is 0 Å². The molecule has 0 radical (unpaired) electrons. The number of hydrogen-bond acceptors (Lipinski definition) is 4. The van der Waals surface area contributed by atoms with E-state index in [0.29, 0.717) is 17.6 Å². The first-order chi connectivity index (χ1) is 9.83. The van der Waals surface area contributed by atoms with Crippen molar-refractivity contribution in [3.05, 3.63) is 66.2 Å². The zero-order valence-electron chi connectivity index (χ0n) is 10.7. The molecule has 0 aliphatic rings. The molecular weight excluding hydrogens is 252 g/mol. The zero-order chi connectivity index (χ0) is 13.8. The quantitative estimate of drug-likeness (QED) is 0.785. The van der Waals surface area contributed by atoms with Crippen LogP contribution in [0.15, 0.2) is 55.1 Å². The molecule has 0 unspecified atom stereocenters. The second-order valence-electron chi connectivity index (χ2n) is 4.30. The molecule has 5 heteroatoms. The maximum Gasteiger partial charge on any atom is 0.251 e. The molecule has 5 nitrogen and oxygen atoms in total. The number of rotatable bonds is 3. The minimum Gasteiger partial charge on any atom is -0.348 e. The normalized spacial score (nSPS) is 10.4. The molecule has 20 heavy (non-hydrogen) atoms. The Labute approximate surface area is 115 Å². The first kappa shape index (κ1) is 12.2. The number of fused-ring (bicyclic) bond motifs is 1. The molecule has 1 amide bonds. The molecule has 0 bridgehead atoms. The summed E-state index contributed by atoms with van der Waals surface area (Å²) in [6, 6.07) is 9.02. The van der Waals surface area contributed by atoms with Gasteiger partial charge in [0, 0.05) is 36.9 Å². The van der Waals surface area contributed by atoms with Crippen molar-refractivity contribution in [3.63, 3.8) is 0 Å². The van der Waals surface area contributed by atoms with Crippen molar-refractivity contribution in [3.8, 4) is 0 Å². The van der Waals surface area contributed by atoms with Gasteiger partial charge in [0.1, 0.15) is 0 Å². The van der Waals surface area contributed by atoms with Crippen molar-refractivity contribution in [1.82, 2.24) is 20.3 Å². The van der Waals surface area contributed by atoms with Gasteiger partial charge in [0.05, 0.1) is 11.0 Å². The third-order valence-corrected chi connectivity index (χ3v) is 2.93. The lowest BCUT2D eigenvalue weighted by Crippen LogP contribution is -2.22. The fraction of sp³-hybridized carbons (Fsp3) is 0.0667. The Morgan fingerprint density at radius 3 is 2.50 bits per heavy atom. The van der Waals surface area contributed by atoms with Gasteiger partial charge in [0.25, 0.3) is 5.91 Å². The van der Waals surface area contributed by atoms with E-state index >= 15 is 0 Å². The van der Waals surface area contributed by atoms with Crippen LogP contribution in [-0.2, 0) is 6.54 Å². The zero-order valence-corrected chi connectivity index (χ0v) is 10.7. The third kappa shape index (κ3) is 2.61. The summed E-state index contributed by atoms with van der Waals surface area (Å²) < 4.78 is 0. The van der Waals surface area contributed by atoms with E-state index in [2.05, 4.69) is 20.3 Å². The molecule has 0 atom stereocenters. The van der Waals surface area contributed by atoms with Gasteiger partial charge in [-0.05, 0) is 35.9 Å². The van der Waals surface area contributed by atoms with Crippen LogP contribution in [0.1, 0.15) is 15.9 Å². The number of benzene rings is 1. The van der Waals surface area contributed by atoms with E-state index < -0.39 is 0 Å². The summed E-state index contributed by atoms with van der Waals surface area (Å²) in [7, 11) is 0. The van der Waals surface area contributed by atoms with E-state index in [0.717, 1.165) is 11.1 Å². The molecule has 2 heterocycles. The van der Waals surface area contributed by atoms with E-state index in [1.54, 1.807) is 43.0 Å². The summed E-state index contributed by atoms with van der Waals surface area (Å²) in [5.41, 5.74) is 3.07. The molecule has 0 aliphatic heterocycles. The highest BCUT2D eigenvalue weighted by atomic mass is 16.1. The summed E-state index contributed by atoms with van der Waals surface area (Å²) >= 11 is 0. The van der Waals surface area contributed by atoms with Crippen LogP contribution in [0.5, 0.6) is 0 Å². The SMILES string of the molecule is O=C(NCc1ccncc1)c1ccc2nccnc2c1. The van der Waals surface area contributed by atoms with Crippen molar-refractivity contribution < 1.29 is 4.79 Å². The van der Waals surface area contributed by atoms with Gasteiger partial charge in [-0.2, -0.15) is 0 Å². The number of amides is 1. The predicted octanol–water partition coefficient (Wildman–Crippen LogP) is 1.95. The molecule has 3 aromatic rings. The molecular formula is C15H12N4O. The maximum atomic E-state index is 12.1. The Morgan fingerprint density at radius 2 is 1.70 bits per heavy atom. The lowest BCUT2D eigenvalue weighted by molar-refractivity contribution is 0.0951. The molecule has 98 valence electrons. The van der Waals surface area contributed by atoms with Gasteiger partial charge in [-0.15, -0.1) is 0 Å². The number of carbonyl (C=O) groups excluding carboxylic acids is 1. The molecule has 0 fully saturated rings. The van der Waals surface area contributed by atoms with Crippen LogP contribution >= 0.6 is 0 Å². The Morgan fingerprint density at radius 1 is 0.950 bits per heavy atom. The average molecular weight is 264 g/mol. The second-order valence-corrected chi connectivity index (χ2v) is 4.30. The molecule has 0 saturated heterocycles. The van der Waals surface area contributed by atoms with Crippen molar-refractivity contribution in [2.75, 3.05) is 0 Å². The summed E-state index contributed by atoms with van der Waals surface area (Å²) in [5, 5.41) is 2.87. The van der Waals surface area contributed by atoms with Crippen molar-refractivity contribution >= 4 is 16.9 Å². The summed E-state index contributed by atoms with van der Waals surface area (Å²) in [5.74, 6) is -0.130. The lowest BCUT2D eigenvalue weighted by atomic mass is 10.1. The van der Waals surface area contributed by atoms with Crippen molar-refractivity contribution in [2.45, 2.75) is 6.54 Å². The van der Waals surface area contributed by atoms with Crippen molar-refractivity contribution in [2.24, 2.45) is 0 Å². The minimum atomic E-state index is -0.130. The van der Waals surface area contributed by atoms with Crippen LogP contribution in [0.4, 0.5) is 0 Å². The summed E-state index contributed by atoms with van der Waals surface area (Å²) in [6.07, 6.45) is 6.65. The third-order valence-electron chi connectivity index (χ3n) is 2.93. The second kappa shape index (κ2) is 5.44. The molecule has 0 aliphatic carbocycles. The molecule has 3 rings (SSSR count). The topological polar surface area (TPSA) is 67.8 Å². The molecule has 1 N–H and O–H groups in total. The van der Waals surface area contributed by atoms with E-state index in [-0.39, 0.29) is 5.91 Å². The van der Waals surface area contributed by atoms with Gasteiger partial charge < -0.3 is 5.32 Å². The standard InChI is InChI=1S/C15H12N4O/c20-15(19-10-11-3-5-16-6-4-11)12-1-2-13-14(9-12)18-8-7-17-13/h1-9H,10H2,(H,19,20). The Bertz CT molecular complexity index is 743. The van der Waals surface area contributed by atoms with Crippen LogP contribution in [0.2, 0.25) is 0 Å². The van der Waals surface area contributed by atoms with E-state index in [1.807, 2.05) is 12.1 Å². The minimum absolute atomic E-state index is 0.130. The smallest absolute Gasteiger partial charge is 0.251 e. The number of aromatic nitrogens is 3. The largest absolute Gasteiger partial charge is 0.348 e. The highest BCUT2D eigenvalue weighted by Crippen LogP contribution is 2.11. The highest BCUT2D eigenvalue weighted by molar-refractivity contribution is 5.97. The Kier molecular flexibility index (Phi) is 3.33. The molecule has 0 saturated carbocycles. The molecule has 1 aromatic carbocycles. The fourth-order valence-electron chi connectivity index (χ4n) is 1.89. The number of nitrogens with one attached hydrogen (secondary N) is 1.